The smallest absolute Gasteiger partial charge is 0.352 e. The van der Waals surface area contributed by atoms with E-state index in [0.717, 1.165) is 17.7 Å². The highest BCUT2D eigenvalue weighted by atomic mass is 79.9. The third-order valence-corrected chi connectivity index (χ3v) is 3.79. The van der Waals surface area contributed by atoms with Crippen molar-refractivity contribution in [2.75, 3.05) is 6.54 Å². The van der Waals surface area contributed by atoms with Gasteiger partial charge in [-0.2, -0.15) is 13.2 Å². The van der Waals surface area contributed by atoms with E-state index in [1.54, 1.807) is 18.2 Å². The summed E-state index contributed by atoms with van der Waals surface area (Å²) in [5, 5.41) is 2.74. The lowest BCUT2D eigenvalue weighted by Gasteiger charge is -2.09. The molecular formula is C16H13BrF3NO. The van der Waals surface area contributed by atoms with Gasteiger partial charge in [0.1, 0.15) is 0 Å². The van der Waals surface area contributed by atoms with Crippen LogP contribution in [-0.4, -0.2) is 12.5 Å². The fourth-order valence-corrected chi connectivity index (χ4v) is 2.39. The van der Waals surface area contributed by atoms with Crippen molar-refractivity contribution in [3.05, 3.63) is 69.7 Å². The Morgan fingerprint density at radius 1 is 1.05 bits per heavy atom. The summed E-state index contributed by atoms with van der Waals surface area (Å²) in [6.07, 6.45) is -3.86. The molecule has 2 nitrogen and oxygen atoms in total. The van der Waals surface area contributed by atoms with Gasteiger partial charge in [-0.05, 0) is 52.2 Å². The van der Waals surface area contributed by atoms with Crippen LogP contribution < -0.4 is 5.32 Å². The number of halogens is 4. The first kappa shape index (κ1) is 16.5. The molecule has 6 heteroatoms. The lowest BCUT2D eigenvalue weighted by atomic mass is 10.1. The summed E-state index contributed by atoms with van der Waals surface area (Å²) >= 11 is 3.29. The molecule has 0 saturated carbocycles. The molecule has 2 aromatic carbocycles. The van der Waals surface area contributed by atoms with E-state index in [1.165, 1.54) is 12.1 Å². The van der Waals surface area contributed by atoms with Crippen LogP contribution in [0.4, 0.5) is 13.2 Å². The molecule has 1 N–H and O–H groups in total. The topological polar surface area (TPSA) is 29.1 Å². The summed E-state index contributed by atoms with van der Waals surface area (Å²) in [7, 11) is 0. The number of nitrogens with one attached hydrogen (secondary N) is 1. The molecule has 0 saturated heterocycles. The summed E-state index contributed by atoms with van der Waals surface area (Å²) in [6, 6.07) is 12.0. The molecule has 0 aliphatic carbocycles. The minimum absolute atomic E-state index is 0.223. The second kappa shape index (κ2) is 6.96. The molecular weight excluding hydrogens is 359 g/mol. The Kier molecular flexibility index (Phi) is 5.24. The van der Waals surface area contributed by atoms with E-state index in [9.17, 15) is 18.0 Å². The average molecular weight is 372 g/mol. The third kappa shape index (κ3) is 4.34. The Bertz CT molecular complexity index is 653. The van der Waals surface area contributed by atoms with Crippen LogP contribution in [0.5, 0.6) is 0 Å². The first-order valence-electron chi connectivity index (χ1n) is 6.57. The zero-order valence-electron chi connectivity index (χ0n) is 11.5. The number of hydrogen-bond acceptors (Lipinski definition) is 1. The first-order chi connectivity index (χ1) is 10.4. The number of amides is 1. The maximum Gasteiger partial charge on any atom is 0.416 e. The summed E-state index contributed by atoms with van der Waals surface area (Å²) in [5.74, 6) is -0.223. The molecule has 0 atom stereocenters. The Balaban J connectivity index is 1.89. The van der Waals surface area contributed by atoms with Gasteiger partial charge in [-0.3, -0.25) is 4.79 Å². The van der Waals surface area contributed by atoms with Crippen molar-refractivity contribution in [2.24, 2.45) is 0 Å². The predicted octanol–water partition coefficient (Wildman–Crippen LogP) is 4.44. The Hall–Kier alpha value is -1.82. The largest absolute Gasteiger partial charge is 0.416 e. The van der Waals surface area contributed by atoms with Crippen LogP contribution in [0.1, 0.15) is 21.5 Å². The Morgan fingerprint density at radius 2 is 1.68 bits per heavy atom. The molecule has 116 valence electrons. The van der Waals surface area contributed by atoms with Gasteiger partial charge in [0, 0.05) is 11.0 Å². The Morgan fingerprint density at radius 3 is 2.27 bits per heavy atom. The van der Waals surface area contributed by atoms with Gasteiger partial charge >= 0.3 is 6.18 Å². The van der Waals surface area contributed by atoms with E-state index in [0.29, 0.717) is 23.0 Å². The van der Waals surface area contributed by atoms with Crippen LogP contribution in [0.3, 0.4) is 0 Å². The number of hydrogen-bond donors (Lipinski definition) is 1. The maximum absolute atomic E-state index is 12.4. The molecule has 2 rings (SSSR count). The Labute approximate surface area is 134 Å². The molecule has 0 aliphatic heterocycles. The SMILES string of the molecule is O=C(NCCc1ccc(C(F)(F)F)cc1)c1ccccc1Br. The molecule has 0 fully saturated rings. The standard InChI is InChI=1S/C16H13BrF3NO/c17-14-4-2-1-3-13(14)15(22)21-10-9-11-5-7-12(8-6-11)16(18,19)20/h1-8H,9-10H2,(H,21,22). The van der Waals surface area contributed by atoms with E-state index in [1.807, 2.05) is 6.07 Å². The summed E-state index contributed by atoms with van der Waals surface area (Å²) < 4.78 is 38.0. The van der Waals surface area contributed by atoms with Crippen LogP contribution in [0.25, 0.3) is 0 Å². The van der Waals surface area contributed by atoms with Crippen LogP contribution in [0, 0.1) is 0 Å². The van der Waals surface area contributed by atoms with E-state index < -0.39 is 11.7 Å². The minimum Gasteiger partial charge on any atom is -0.352 e. The van der Waals surface area contributed by atoms with Gasteiger partial charge < -0.3 is 5.32 Å². The van der Waals surface area contributed by atoms with Crippen molar-refractivity contribution in [3.8, 4) is 0 Å². The van der Waals surface area contributed by atoms with Gasteiger partial charge in [-0.15, -0.1) is 0 Å². The molecule has 0 radical (unpaired) electrons. The zero-order valence-corrected chi connectivity index (χ0v) is 13.0. The molecule has 2 aromatic rings. The van der Waals surface area contributed by atoms with Crippen molar-refractivity contribution >= 4 is 21.8 Å². The summed E-state index contributed by atoms with van der Waals surface area (Å²) in [4.78, 5) is 12.0. The summed E-state index contributed by atoms with van der Waals surface area (Å²) in [5.41, 5.74) is 0.587. The average Bonchev–Trinajstić information content (AvgIpc) is 2.47. The molecule has 0 unspecified atom stereocenters. The third-order valence-electron chi connectivity index (χ3n) is 3.10. The molecule has 0 heterocycles. The number of rotatable bonds is 4. The van der Waals surface area contributed by atoms with Gasteiger partial charge in [0.25, 0.3) is 5.91 Å². The first-order valence-corrected chi connectivity index (χ1v) is 7.36. The highest BCUT2D eigenvalue weighted by Crippen LogP contribution is 2.29. The van der Waals surface area contributed by atoms with E-state index in [2.05, 4.69) is 21.2 Å². The van der Waals surface area contributed by atoms with Crippen molar-refractivity contribution in [1.82, 2.24) is 5.32 Å². The fraction of sp³-hybridized carbons (Fsp3) is 0.188. The van der Waals surface area contributed by atoms with Gasteiger partial charge in [-0.25, -0.2) is 0 Å². The van der Waals surface area contributed by atoms with Gasteiger partial charge in [0.05, 0.1) is 11.1 Å². The molecule has 0 aromatic heterocycles. The van der Waals surface area contributed by atoms with Crippen LogP contribution in [0.15, 0.2) is 53.0 Å². The van der Waals surface area contributed by atoms with Crippen LogP contribution >= 0.6 is 15.9 Å². The normalized spacial score (nSPS) is 11.3. The highest BCUT2D eigenvalue weighted by molar-refractivity contribution is 9.10. The highest BCUT2D eigenvalue weighted by Gasteiger charge is 2.29. The van der Waals surface area contributed by atoms with Crippen molar-refractivity contribution < 1.29 is 18.0 Å². The lowest BCUT2D eigenvalue weighted by Crippen LogP contribution is -2.26. The second-order valence-corrected chi connectivity index (χ2v) is 5.53. The molecule has 1 amide bonds. The molecule has 22 heavy (non-hydrogen) atoms. The number of carbonyl (C=O) groups excluding carboxylic acids is 1. The van der Waals surface area contributed by atoms with Crippen molar-refractivity contribution in [1.29, 1.82) is 0 Å². The lowest BCUT2D eigenvalue weighted by molar-refractivity contribution is -0.137. The molecule has 0 spiro atoms. The monoisotopic (exact) mass is 371 g/mol. The second-order valence-electron chi connectivity index (χ2n) is 4.68. The molecule has 0 aliphatic rings. The van der Waals surface area contributed by atoms with Crippen LogP contribution in [0.2, 0.25) is 0 Å². The van der Waals surface area contributed by atoms with Crippen molar-refractivity contribution in [2.45, 2.75) is 12.6 Å². The fourth-order valence-electron chi connectivity index (χ4n) is 1.92. The van der Waals surface area contributed by atoms with E-state index in [-0.39, 0.29) is 5.91 Å². The van der Waals surface area contributed by atoms with Gasteiger partial charge in [0.15, 0.2) is 0 Å². The minimum atomic E-state index is -4.33. The number of alkyl halides is 3. The maximum atomic E-state index is 12.4. The predicted molar refractivity (Wildman–Crippen MR) is 81.6 cm³/mol. The quantitative estimate of drug-likeness (QED) is 0.845. The van der Waals surface area contributed by atoms with Crippen molar-refractivity contribution in [3.63, 3.8) is 0 Å². The number of benzene rings is 2. The summed E-state index contributed by atoms with van der Waals surface area (Å²) in [6.45, 7) is 0.353. The van der Waals surface area contributed by atoms with Gasteiger partial charge in [0.2, 0.25) is 0 Å². The molecule has 0 bridgehead atoms. The van der Waals surface area contributed by atoms with Gasteiger partial charge in [-0.1, -0.05) is 24.3 Å². The zero-order chi connectivity index (χ0) is 16.2. The van der Waals surface area contributed by atoms with E-state index >= 15 is 0 Å². The van der Waals surface area contributed by atoms with E-state index in [4.69, 9.17) is 0 Å². The van der Waals surface area contributed by atoms with Crippen LogP contribution in [-0.2, 0) is 12.6 Å². The number of carbonyl (C=O) groups is 1.